The summed E-state index contributed by atoms with van der Waals surface area (Å²) in [6, 6.07) is 25.0. The smallest absolute Gasteiger partial charge is 0.238 e. The number of pyridine rings is 1. The summed E-state index contributed by atoms with van der Waals surface area (Å²) >= 11 is 13.2. The van der Waals surface area contributed by atoms with Crippen molar-refractivity contribution in [3.8, 4) is 0 Å². The maximum absolute atomic E-state index is 17.2. The van der Waals surface area contributed by atoms with E-state index >= 15 is 14.0 Å². The maximum atomic E-state index is 17.2. The van der Waals surface area contributed by atoms with E-state index in [-0.39, 0.29) is 44.8 Å². The number of aliphatic hydroxyl groups excluding tert-OH is 1. The van der Waals surface area contributed by atoms with E-state index in [4.69, 9.17) is 27.6 Å². The summed E-state index contributed by atoms with van der Waals surface area (Å²) in [5.74, 6) is -1.66. The number of aliphatic hydroxyl groups is 1. The van der Waals surface area contributed by atoms with Gasteiger partial charge in [0.05, 0.1) is 23.2 Å². The third-order valence-electron chi connectivity index (χ3n) is 13.9. The average molecular weight is 838 g/mol. The predicted octanol–water partition coefficient (Wildman–Crippen LogP) is 9.22. The number of carbonyl (C=O) groups excluding carboxylic acids is 2. The number of aromatic nitrogens is 3. The molecule has 306 valence electrons. The fourth-order valence-corrected chi connectivity index (χ4v) is 11.4. The zero-order valence-corrected chi connectivity index (χ0v) is 34.5. The minimum atomic E-state index is -1.59. The molecule has 0 radical (unpaired) electrons. The Labute approximate surface area is 352 Å². The van der Waals surface area contributed by atoms with Gasteiger partial charge in [0.15, 0.2) is 0 Å². The van der Waals surface area contributed by atoms with Gasteiger partial charge in [-0.05, 0) is 85.6 Å². The van der Waals surface area contributed by atoms with Crippen LogP contribution < -0.4 is 10.6 Å². The molecule has 9 rings (SSSR count). The predicted molar refractivity (Wildman–Crippen MR) is 222 cm³/mol. The second kappa shape index (κ2) is 15.4. The van der Waals surface area contributed by atoms with Crippen molar-refractivity contribution in [2.24, 2.45) is 5.41 Å². The number of fused-ring (bicyclic) bond motifs is 3. The summed E-state index contributed by atoms with van der Waals surface area (Å²) in [6.45, 7) is 4.43. The molecular weight excluding hydrogens is 790 g/mol. The Bertz CT molecular complexity index is 2330. The highest BCUT2D eigenvalue weighted by molar-refractivity contribution is 6.31. The molecule has 2 amide bonds. The fourth-order valence-electron chi connectivity index (χ4n) is 11.1. The minimum Gasteiger partial charge on any atom is -0.428 e. The lowest BCUT2D eigenvalue weighted by Crippen LogP contribution is -2.64. The first-order chi connectivity index (χ1) is 28.4. The molecule has 0 bridgehead atoms. The summed E-state index contributed by atoms with van der Waals surface area (Å²) in [5.41, 5.74) is -0.795. The van der Waals surface area contributed by atoms with Crippen LogP contribution in [0.4, 0.5) is 10.2 Å². The first-order valence-electron chi connectivity index (χ1n) is 20.5. The van der Waals surface area contributed by atoms with E-state index in [9.17, 15) is 5.11 Å². The molecule has 13 heteroatoms. The van der Waals surface area contributed by atoms with Crippen LogP contribution >= 0.6 is 23.2 Å². The van der Waals surface area contributed by atoms with E-state index in [0.717, 1.165) is 18.4 Å². The van der Waals surface area contributed by atoms with Crippen molar-refractivity contribution in [2.45, 2.75) is 112 Å². The number of hydrogen-bond donors (Lipinski definition) is 3. The van der Waals surface area contributed by atoms with Gasteiger partial charge in [0, 0.05) is 29.0 Å². The second-order valence-corrected chi connectivity index (χ2v) is 18.3. The first-order valence-corrected chi connectivity index (χ1v) is 21.3. The number of hydrogen-bond acceptors (Lipinski definition) is 8. The number of rotatable bonds is 8. The van der Waals surface area contributed by atoms with Gasteiger partial charge in [-0.1, -0.05) is 116 Å². The van der Waals surface area contributed by atoms with Crippen LogP contribution in [-0.4, -0.2) is 54.6 Å². The molecule has 10 nitrogen and oxygen atoms in total. The number of halogens is 3. The highest BCUT2D eigenvalue weighted by Gasteiger charge is 2.77. The van der Waals surface area contributed by atoms with Crippen LogP contribution in [0.1, 0.15) is 117 Å². The molecule has 3 N–H and O–H groups in total. The van der Waals surface area contributed by atoms with Gasteiger partial charge < -0.3 is 20.2 Å². The van der Waals surface area contributed by atoms with Crippen molar-refractivity contribution in [1.29, 1.82) is 0 Å². The van der Waals surface area contributed by atoms with Crippen molar-refractivity contribution in [1.82, 2.24) is 25.4 Å². The van der Waals surface area contributed by atoms with Crippen LogP contribution in [0, 0.1) is 11.2 Å². The van der Waals surface area contributed by atoms with E-state index < -0.39 is 46.8 Å². The molecule has 3 fully saturated rings. The normalized spacial score (nSPS) is 27.0. The molecule has 59 heavy (non-hydrogen) atoms. The molecule has 2 aliphatic heterocycles. The van der Waals surface area contributed by atoms with Crippen LogP contribution in [-0.2, 0) is 15.0 Å². The monoisotopic (exact) mass is 836 g/mol. The van der Waals surface area contributed by atoms with Gasteiger partial charge in [-0.3, -0.25) is 14.5 Å². The number of anilines is 1. The van der Waals surface area contributed by atoms with Crippen LogP contribution in [0.25, 0.3) is 0 Å². The van der Waals surface area contributed by atoms with Crippen LogP contribution in [0.15, 0.2) is 102 Å². The van der Waals surface area contributed by atoms with Gasteiger partial charge in [0.1, 0.15) is 22.2 Å². The molecule has 4 aliphatic rings. The lowest BCUT2D eigenvalue weighted by molar-refractivity contribution is -0.137. The van der Waals surface area contributed by atoms with Gasteiger partial charge >= 0.3 is 0 Å². The Morgan fingerprint density at radius 3 is 2.25 bits per heavy atom. The minimum absolute atomic E-state index is 0.0700. The van der Waals surface area contributed by atoms with E-state index in [0.29, 0.717) is 55.5 Å². The average Bonchev–Trinajstić information content (AvgIpc) is 3.94. The molecule has 2 aliphatic carbocycles. The molecule has 5 atom stereocenters. The quantitative estimate of drug-likeness (QED) is 0.132. The Balaban J connectivity index is 1.31. The van der Waals surface area contributed by atoms with Gasteiger partial charge in [-0.25, -0.2) is 9.37 Å². The van der Waals surface area contributed by atoms with E-state index in [1.165, 1.54) is 12.5 Å². The number of nitrogens with zero attached hydrogens (tertiary/aromatic N) is 4. The highest BCUT2D eigenvalue weighted by Crippen LogP contribution is 2.69. The molecule has 5 aromatic rings. The van der Waals surface area contributed by atoms with Gasteiger partial charge in [0.2, 0.25) is 24.1 Å². The maximum Gasteiger partial charge on any atom is 0.238 e. The zero-order chi connectivity index (χ0) is 41.1. The summed E-state index contributed by atoms with van der Waals surface area (Å²) in [7, 11) is 0. The van der Waals surface area contributed by atoms with Crippen molar-refractivity contribution in [2.75, 3.05) is 5.32 Å². The number of benzene rings is 3. The van der Waals surface area contributed by atoms with Crippen LogP contribution in [0.3, 0.4) is 0 Å². The van der Waals surface area contributed by atoms with Gasteiger partial charge in [-0.2, -0.15) is 0 Å². The molecule has 3 aromatic carbocycles. The Morgan fingerprint density at radius 2 is 1.59 bits per heavy atom. The molecule has 4 heterocycles. The van der Waals surface area contributed by atoms with Gasteiger partial charge in [0.25, 0.3) is 0 Å². The zero-order valence-electron chi connectivity index (χ0n) is 33.0. The van der Waals surface area contributed by atoms with E-state index in [1.807, 2.05) is 66.7 Å². The third kappa shape index (κ3) is 6.56. The van der Waals surface area contributed by atoms with E-state index in [2.05, 4.69) is 44.6 Å². The van der Waals surface area contributed by atoms with Crippen molar-refractivity contribution < 1.29 is 23.5 Å². The molecule has 2 saturated carbocycles. The number of amides is 2. The first kappa shape index (κ1) is 39.8. The lowest BCUT2D eigenvalue weighted by Gasteiger charge is -2.56. The highest BCUT2D eigenvalue weighted by atomic mass is 35.5. The Hall–Kier alpha value is -4.68. The summed E-state index contributed by atoms with van der Waals surface area (Å²) in [5, 5.41) is 27.5. The summed E-state index contributed by atoms with van der Waals surface area (Å²) < 4.78 is 22.7. The topological polar surface area (TPSA) is 133 Å². The molecule has 2 aromatic heterocycles. The Kier molecular flexibility index (Phi) is 10.4. The summed E-state index contributed by atoms with van der Waals surface area (Å²) in [4.78, 5) is 38.3. The fraction of sp³-hybridized carbons (Fsp3) is 0.413. The van der Waals surface area contributed by atoms with Crippen molar-refractivity contribution >= 4 is 40.8 Å². The lowest BCUT2D eigenvalue weighted by atomic mass is 9.53. The third-order valence-corrected chi connectivity index (χ3v) is 14.4. The largest absolute Gasteiger partial charge is 0.428 e. The van der Waals surface area contributed by atoms with E-state index in [1.54, 1.807) is 18.2 Å². The van der Waals surface area contributed by atoms with Crippen molar-refractivity contribution in [3.63, 3.8) is 0 Å². The van der Waals surface area contributed by atoms with Gasteiger partial charge in [-0.15, -0.1) is 10.2 Å². The van der Waals surface area contributed by atoms with Crippen LogP contribution in [0.5, 0.6) is 0 Å². The Morgan fingerprint density at radius 1 is 0.915 bits per heavy atom. The number of carbonyl (C=O) groups is 2. The number of likely N-dealkylation sites (tertiary alicyclic amines) is 1. The molecule has 0 unspecified atom stereocenters. The summed E-state index contributed by atoms with van der Waals surface area (Å²) in [6.07, 6.45) is 5.19. The standard InChI is InChI=1S/C46H47Cl2FN6O4/c1-44(2)22-24-45(25-23-44)46(32-20-21-34(48)52-40(32)53-43(46)58)35(31-14-9-15-33(47)36(31)49)38(41(57)51-30-18-16-29(17-19-30)42-54-50-26-59-42)55(45)37(27-10-5-3-6-11-27)39(56)28-12-7-4-8-13-28/h3-15,20-21,26,29-30,35,37-39,56H,16-19,22-25H2,1-2H3,(H,51,57)(H,52,53,58)/t29?,30?,35-,37+,38+,39-,46-/m0/s1. The molecule has 2 spiro atoms. The van der Waals surface area contributed by atoms with Crippen molar-refractivity contribution in [3.05, 3.63) is 142 Å². The molecular formula is C46H47Cl2FN6O4. The second-order valence-electron chi connectivity index (χ2n) is 17.5. The molecule has 1 saturated heterocycles. The SMILES string of the molecule is CC1(C)CCC2(CC1)N([C@H](c1ccccc1)[C@@H](O)c1ccccc1)[C@@H](C(=O)NC1CCC(c3nnco3)CC1)[C@H](c1cccc(Cl)c1F)[C@@]21C(=O)Nc2nc(Cl)ccc21. The number of nitrogens with one attached hydrogen (secondary N) is 2. The van der Waals surface area contributed by atoms with Crippen LogP contribution in [0.2, 0.25) is 10.2 Å².